The lowest BCUT2D eigenvalue weighted by atomic mass is 10.1. The van der Waals surface area contributed by atoms with E-state index in [1.165, 1.54) is 11.3 Å². The van der Waals surface area contributed by atoms with Crippen LogP contribution in [0.2, 0.25) is 0 Å². The van der Waals surface area contributed by atoms with E-state index in [4.69, 9.17) is 0 Å². The number of piperidine rings is 1. The van der Waals surface area contributed by atoms with Gasteiger partial charge in [0.25, 0.3) is 0 Å². The molecular formula is C14H25N3O2S2. The second-order valence-electron chi connectivity index (χ2n) is 5.58. The van der Waals surface area contributed by atoms with Gasteiger partial charge in [-0.25, -0.2) is 13.1 Å². The molecule has 2 rings (SSSR count). The van der Waals surface area contributed by atoms with Gasteiger partial charge in [0.2, 0.25) is 10.0 Å². The van der Waals surface area contributed by atoms with Crippen LogP contribution >= 0.6 is 11.3 Å². The van der Waals surface area contributed by atoms with Crippen molar-refractivity contribution in [2.24, 2.45) is 0 Å². The molecule has 2 N–H and O–H groups in total. The van der Waals surface area contributed by atoms with Crippen molar-refractivity contribution in [1.82, 2.24) is 14.9 Å². The van der Waals surface area contributed by atoms with Crippen LogP contribution in [-0.4, -0.2) is 46.0 Å². The molecule has 1 aromatic rings. The van der Waals surface area contributed by atoms with Gasteiger partial charge < -0.3 is 10.2 Å². The summed E-state index contributed by atoms with van der Waals surface area (Å²) in [6.45, 7) is 5.51. The van der Waals surface area contributed by atoms with Crippen LogP contribution in [0.1, 0.15) is 31.1 Å². The number of sulfonamides is 1. The Labute approximate surface area is 131 Å². The molecule has 0 saturated carbocycles. The van der Waals surface area contributed by atoms with E-state index in [1.807, 2.05) is 5.38 Å². The first-order valence-electron chi connectivity index (χ1n) is 7.51. The van der Waals surface area contributed by atoms with Crippen molar-refractivity contribution in [2.75, 3.05) is 26.7 Å². The van der Waals surface area contributed by atoms with E-state index in [0.717, 1.165) is 43.8 Å². The first kappa shape index (κ1) is 16.9. The summed E-state index contributed by atoms with van der Waals surface area (Å²) in [6.07, 6.45) is 2.80. The SMILES string of the molecule is CCCNCc1sccc1S(=O)(=O)NC1CCN(C)CC1. The van der Waals surface area contributed by atoms with Crippen molar-refractivity contribution in [3.05, 3.63) is 16.3 Å². The van der Waals surface area contributed by atoms with E-state index >= 15 is 0 Å². The highest BCUT2D eigenvalue weighted by Crippen LogP contribution is 2.23. The molecule has 1 aromatic heterocycles. The first-order chi connectivity index (χ1) is 10.0. The monoisotopic (exact) mass is 331 g/mol. The molecule has 0 bridgehead atoms. The zero-order valence-corrected chi connectivity index (χ0v) is 14.4. The van der Waals surface area contributed by atoms with E-state index in [-0.39, 0.29) is 6.04 Å². The van der Waals surface area contributed by atoms with Gasteiger partial charge in [0, 0.05) is 17.5 Å². The van der Waals surface area contributed by atoms with Crippen molar-refractivity contribution >= 4 is 21.4 Å². The van der Waals surface area contributed by atoms with Crippen LogP contribution < -0.4 is 10.0 Å². The van der Waals surface area contributed by atoms with E-state index in [9.17, 15) is 8.42 Å². The topological polar surface area (TPSA) is 61.4 Å². The third-order valence-corrected chi connectivity index (χ3v) is 6.40. The largest absolute Gasteiger partial charge is 0.312 e. The molecule has 0 amide bonds. The van der Waals surface area contributed by atoms with E-state index in [0.29, 0.717) is 11.4 Å². The summed E-state index contributed by atoms with van der Waals surface area (Å²) < 4.78 is 28.0. The predicted molar refractivity (Wildman–Crippen MR) is 87.2 cm³/mol. The van der Waals surface area contributed by atoms with Crippen molar-refractivity contribution < 1.29 is 8.42 Å². The molecule has 7 heteroatoms. The molecule has 0 aliphatic carbocycles. The maximum atomic E-state index is 12.6. The Kier molecular flexibility index (Phi) is 6.19. The Morgan fingerprint density at radius 1 is 1.38 bits per heavy atom. The molecule has 120 valence electrons. The van der Waals surface area contributed by atoms with Crippen LogP contribution in [0.4, 0.5) is 0 Å². The molecule has 0 spiro atoms. The number of thiophene rings is 1. The molecule has 0 atom stereocenters. The van der Waals surface area contributed by atoms with Gasteiger partial charge in [-0.05, 0) is 57.4 Å². The van der Waals surface area contributed by atoms with E-state index < -0.39 is 10.0 Å². The lowest BCUT2D eigenvalue weighted by Gasteiger charge is -2.29. The minimum atomic E-state index is -3.40. The van der Waals surface area contributed by atoms with Crippen LogP contribution in [0.15, 0.2) is 16.3 Å². The molecule has 0 aromatic carbocycles. The molecule has 1 aliphatic heterocycles. The zero-order chi connectivity index (χ0) is 15.3. The summed E-state index contributed by atoms with van der Waals surface area (Å²) in [6, 6.07) is 1.77. The quantitative estimate of drug-likeness (QED) is 0.746. The normalized spacial score (nSPS) is 18.2. The molecule has 1 fully saturated rings. The van der Waals surface area contributed by atoms with Gasteiger partial charge >= 0.3 is 0 Å². The average molecular weight is 332 g/mol. The maximum Gasteiger partial charge on any atom is 0.241 e. The molecule has 1 aliphatic rings. The lowest BCUT2D eigenvalue weighted by Crippen LogP contribution is -2.43. The van der Waals surface area contributed by atoms with Gasteiger partial charge in [-0.2, -0.15) is 0 Å². The second-order valence-corrected chi connectivity index (χ2v) is 8.27. The summed E-state index contributed by atoms with van der Waals surface area (Å²) in [7, 11) is -1.33. The molecule has 21 heavy (non-hydrogen) atoms. The maximum absolute atomic E-state index is 12.6. The van der Waals surface area contributed by atoms with E-state index in [2.05, 4.69) is 28.9 Å². The Morgan fingerprint density at radius 2 is 2.10 bits per heavy atom. The van der Waals surface area contributed by atoms with E-state index in [1.54, 1.807) is 6.07 Å². The summed E-state index contributed by atoms with van der Waals surface area (Å²) in [5, 5.41) is 5.12. The van der Waals surface area contributed by atoms with Gasteiger partial charge in [0.1, 0.15) is 0 Å². The summed E-state index contributed by atoms with van der Waals surface area (Å²) in [5.41, 5.74) is 0. The van der Waals surface area contributed by atoms with Crippen LogP contribution in [0.3, 0.4) is 0 Å². The summed E-state index contributed by atoms with van der Waals surface area (Å²) in [5.74, 6) is 0. The number of hydrogen-bond donors (Lipinski definition) is 2. The fraction of sp³-hybridized carbons (Fsp3) is 0.714. The molecule has 1 saturated heterocycles. The minimum absolute atomic E-state index is 0.0579. The number of nitrogens with zero attached hydrogens (tertiary/aromatic N) is 1. The Balaban J connectivity index is 2.00. The van der Waals surface area contributed by atoms with Gasteiger partial charge in [-0.15, -0.1) is 11.3 Å². The van der Waals surface area contributed by atoms with Gasteiger partial charge in [-0.3, -0.25) is 0 Å². The second kappa shape index (κ2) is 7.69. The molecule has 0 unspecified atom stereocenters. The van der Waals surface area contributed by atoms with Crippen LogP contribution in [-0.2, 0) is 16.6 Å². The summed E-state index contributed by atoms with van der Waals surface area (Å²) >= 11 is 1.50. The third kappa shape index (κ3) is 4.75. The number of hydrogen-bond acceptors (Lipinski definition) is 5. The van der Waals surface area contributed by atoms with Crippen LogP contribution in [0.5, 0.6) is 0 Å². The smallest absolute Gasteiger partial charge is 0.241 e. The Hall–Kier alpha value is -0.470. The van der Waals surface area contributed by atoms with Gasteiger partial charge in [-0.1, -0.05) is 6.92 Å². The van der Waals surface area contributed by atoms with Crippen molar-refractivity contribution in [3.63, 3.8) is 0 Å². The third-order valence-electron chi connectivity index (χ3n) is 3.75. The van der Waals surface area contributed by atoms with Gasteiger partial charge in [0.05, 0.1) is 4.90 Å². The van der Waals surface area contributed by atoms with Crippen molar-refractivity contribution in [3.8, 4) is 0 Å². The van der Waals surface area contributed by atoms with Crippen molar-refractivity contribution in [1.29, 1.82) is 0 Å². The minimum Gasteiger partial charge on any atom is -0.312 e. The fourth-order valence-electron chi connectivity index (χ4n) is 2.49. The molecule has 5 nitrogen and oxygen atoms in total. The highest BCUT2D eigenvalue weighted by Gasteiger charge is 2.25. The van der Waals surface area contributed by atoms with Crippen LogP contribution in [0.25, 0.3) is 0 Å². The number of rotatable bonds is 7. The highest BCUT2D eigenvalue weighted by molar-refractivity contribution is 7.89. The Bertz CT molecular complexity index is 534. The number of nitrogens with one attached hydrogen (secondary N) is 2. The first-order valence-corrected chi connectivity index (χ1v) is 9.87. The van der Waals surface area contributed by atoms with Crippen molar-refractivity contribution in [2.45, 2.75) is 43.7 Å². The standard InChI is InChI=1S/C14H25N3O2S2/c1-3-7-15-11-13-14(6-10-20-13)21(18,19)16-12-4-8-17(2)9-5-12/h6,10,12,15-16H,3-5,7-9,11H2,1-2H3. The number of likely N-dealkylation sites (tertiary alicyclic amines) is 1. The Morgan fingerprint density at radius 3 is 2.76 bits per heavy atom. The highest BCUT2D eigenvalue weighted by atomic mass is 32.2. The predicted octanol–water partition coefficient (Wildman–Crippen LogP) is 1.62. The van der Waals surface area contributed by atoms with Crippen LogP contribution in [0, 0.1) is 0 Å². The average Bonchev–Trinajstić information content (AvgIpc) is 2.91. The van der Waals surface area contributed by atoms with Gasteiger partial charge in [0.15, 0.2) is 0 Å². The molecule has 2 heterocycles. The zero-order valence-electron chi connectivity index (χ0n) is 12.8. The molecule has 0 radical (unpaired) electrons. The summed E-state index contributed by atoms with van der Waals surface area (Å²) in [4.78, 5) is 3.56. The fourth-order valence-corrected chi connectivity index (χ4v) is 5.20. The lowest BCUT2D eigenvalue weighted by molar-refractivity contribution is 0.248. The molecular weight excluding hydrogens is 306 g/mol.